The van der Waals surface area contributed by atoms with Crippen molar-refractivity contribution < 1.29 is 18.0 Å². The topological polar surface area (TPSA) is 136 Å². The zero-order valence-corrected chi connectivity index (χ0v) is 20.0. The number of hydrazine groups is 1. The van der Waals surface area contributed by atoms with Crippen molar-refractivity contribution in [3.63, 3.8) is 0 Å². The van der Waals surface area contributed by atoms with Crippen LogP contribution in [0.4, 0.5) is 4.79 Å². The lowest BCUT2D eigenvalue weighted by atomic mass is 10.1. The molecule has 3 amide bonds. The molecule has 0 radical (unpaired) electrons. The number of hydrogen-bond donors (Lipinski definition) is 4. The van der Waals surface area contributed by atoms with Crippen LogP contribution in [0.5, 0.6) is 0 Å². The van der Waals surface area contributed by atoms with Gasteiger partial charge in [0.25, 0.3) is 5.91 Å². The summed E-state index contributed by atoms with van der Waals surface area (Å²) in [4.78, 5) is 24.7. The molecular formula is C23H28N6O4S. The Labute approximate surface area is 198 Å². The van der Waals surface area contributed by atoms with Gasteiger partial charge in [0.15, 0.2) is 0 Å². The van der Waals surface area contributed by atoms with Crippen LogP contribution in [-0.4, -0.2) is 47.9 Å². The highest BCUT2D eigenvalue weighted by Gasteiger charge is 2.22. The maximum atomic E-state index is 12.6. The third kappa shape index (κ3) is 5.80. The molecule has 0 aliphatic rings. The average molecular weight is 485 g/mol. The third-order valence-corrected chi connectivity index (χ3v) is 7.32. The molecule has 2 aromatic carbocycles. The Kier molecular flexibility index (Phi) is 8.03. The quantitative estimate of drug-likeness (QED) is 0.365. The number of hydrogen-bond acceptors (Lipinski definition) is 5. The Bertz CT molecular complexity index is 1220. The summed E-state index contributed by atoms with van der Waals surface area (Å²) in [5.74, 6) is -0.552. The molecular weight excluding hydrogens is 456 g/mol. The first-order valence-corrected chi connectivity index (χ1v) is 12.3. The summed E-state index contributed by atoms with van der Waals surface area (Å²) in [5, 5.41) is 9.44. The second-order valence-corrected chi connectivity index (χ2v) is 9.40. The number of aromatic nitrogens is 2. The number of sulfonamides is 1. The number of nitrogens with zero attached hydrogens (tertiary/aromatic N) is 2. The van der Waals surface area contributed by atoms with Crippen LogP contribution in [0.15, 0.2) is 65.6 Å². The van der Waals surface area contributed by atoms with Crippen molar-refractivity contribution in [3.8, 4) is 11.3 Å². The lowest BCUT2D eigenvalue weighted by molar-refractivity contribution is 0.0931. The van der Waals surface area contributed by atoms with Gasteiger partial charge in [0.2, 0.25) is 10.0 Å². The van der Waals surface area contributed by atoms with Crippen LogP contribution in [-0.2, 0) is 10.0 Å². The Morgan fingerprint density at radius 3 is 2.26 bits per heavy atom. The van der Waals surface area contributed by atoms with Gasteiger partial charge in [-0.3, -0.25) is 15.3 Å². The number of aromatic amines is 1. The Morgan fingerprint density at radius 2 is 1.65 bits per heavy atom. The number of H-pyrrole nitrogens is 1. The summed E-state index contributed by atoms with van der Waals surface area (Å²) in [5.41, 5.74) is 6.98. The second-order valence-electron chi connectivity index (χ2n) is 7.47. The van der Waals surface area contributed by atoms with E-state index in [4.69, 9.17) is 0 Å². The predicted octanol–water partition coefficient (Wildman–Crippen LogP) is 2.81. The zero-order chi connectivity index (χ0) is 24.7. The first kappa shape index (κ1) is 24.9. The molecule has 0 spiro atoms. The van der Waals surface area contributed by atoms with Gasteiger partial charge >= 0.3 is 6.03 Å². The molecule has 10 nitrogen and oxygen atoms in total. The minimum Gasteiger partial charge on any atom is -0.330 e. The van der Waals surface area contributed by atoms with E-state index < -0.39 is 28.0 Å². The smallest absolute Gasteiger partial charge is 0.330 e. The Morgan fingerprint density at radius 1 is 1.00 bits per heavy atom. The minimum atomic E-state index is -3.55. The second kappa shape index (κ2) is 10.9. The molecule has 0 saturated heterocycles. The van der Waals surface area contributed by atoms with Gasteiger partial charge in [0, 0.05) is 18.7 Å². The molecule has 0 fully saturated rings. The van der Waals surface area contributed by atoms with E-state index in [-0.39, 0.29) is 10.6 Å². The monoisotopic (exact) mass is 484 g/mol. The Balaban J connectivity index is 1.54. The molecule has 34 heavy (non-hydrogen) atoms. The maximum absolute atomic E-state index is 12.6. The van der Waals surface area contributed by atoms with Crippen LogP contribution in [0.1, 0.15) is 42.9 Å². The van der Waals surface area contributed by atoms with Crippen LogP contribution in [0.3, 0.4) is 0 Å². The van der Waals surface area contributed by atoms with E-state index in [1.54, 1.807) is 39.0 Å². The van der Waals surface area contributed by atoms with E-state index in [0.29, 0.717) is 24.3 Å². The minimum absolute atomic E-state index is 0.192. The molecule has 4 N–H and O–H groups in total. The molecule has 11 heteroatoms. The lowest BCUT2D eigenvalue weighted by Gasteiger charge is -2.19. The normalized spacial score (nSPS) is 12.2. The molecule has 3 rings (SSSR count). The largest absolute Gasteiger partial charge is 0.333 e. The standard InChI is InChI=1S/C23H28N6O4S/c1-4-29(5-2)34(32,33)19-13-11-17(12-14-19)16(3)24-23(31)28-27-22(30)21-15-20(25-26-21)18-9-7-6-8-10-18/h6-16H,4-5H2,1-3H3,(H,25,26)(H,27,30)(H2,24,28,31). The highest BCUT2D eigenvalue weighted by Crippen LogP contribution is 2.19. The number of rotatable bonds is 8. The van der Waals surface area contributed by atoms with Gasteiger partial charge in [0.05, 0.1) is 16.6 Å². The molecule has 1 aromatic heterocycles. The third-order valence-electron chi connectivity index (χ3n) is 5.25. The van der Waals surface area contributed by atoms with Gasteiger partial charge in [0.1, 0.15) is 5.69 Å². The summed E-state index contributed by atoms with van der Waals surface area (Å²) >= 11 is 0. The van der Waals surface area contributed by atoms with E-state index >= 15 is 0 Å². The van der Waals surface area contributed by atoms with E-state index in [9.17, 15) is 18.0 Å². The molecule has 0 bridgehead atoms. The molecule has 1 heterocycles. The number of carbonyl (C=O) groups is 2. The predicted molar refractivity (Wildman–Crippen MR) is 128 cm³/mol. The van der Waals surface area contributed by atoms with Gasteiger partial charge in [-0.1, -0.05) is 56.3 Å². The van der Waals surface area contributed by atoms with Crippen molar-refractivity contribution in [3.05, 3.63) is 71.9 Å². The molecule has 0 saturated carbocycles. The summed E-state index contributed by atoms with van der Waals surface area (Å²) in [6, 6.07) is 16.2. The fourth-order valence-corrected chi connectivity index (χ4v) is 4.79. The van der Waals surface area contributed by atoms with Crippen LogP contribution in [0.25, 0.3) is 11.3 Å². The summed E-state index contributed by atoms with van der Waals surface area (Å²) < 4.78 is 26.6. The van der Waals surface area contributed by atoms with Gasteiger partial charge in [-0.05, 0) is 30.7 Å². The van der Waals surface area contributed by atoms with Crippen LogP contribution in [0, 0.1) is 0 Å². The molecule has 0 aliphatic carbocycles. The number of carbonyl (C=O) groups excluding carboxylic acids is 2. The van der Waals surface area contributed by atoms with E-state index in [1.165, 1.54) is 16.4 Å². The van der Waals surface area contributed by atoms with Gasteiger partial charge in [-0.15, -0.1) is 0 Å². The van der Waals surface area contributed by atoms with Crippen LogP contribution >= 0.6 is 0 Å². The molecule has 1 unspecified atom stereocenters. The van der Waals surface area contributed by atoms with Crippen molar-refractivity contribution >= 4 is 22.0 Å². The first-order valence-electron chi connectivity index (χ1n) is 10.8. The van der Waals surface area contributed by atoms with Crippen molar-refractivity contribution in [2.24, 2.45) is 0 Å². The summed E-state index contributed by atoms with van der Waals surface area (Å²) in [6.45, 7) is 6.09. The van der Waals surface area contributed by atoms with Gasteiger partial charge < -0.3 is 5.32 Å². The number of benzene rings is 2. The van der Waals surface area contributed by atoms with Gasteiger partial charge in [-0.2, -0.15) is 9.40 Å². The van der Waals surface area contributed by atoms with Crippen molar-refractivity contribution in [2.75, 3.05) is 13.1 Å². The highest BCUT2D eigenvalue weighted by molar-refractivity contribution is 7.89. The summed E-state index contributed by atoms with van der Waals surface area (Å²) in [6.07, 6.45) is 0. The van der Waals surface area contributed by atoms with E-state index in [2.05, 4.69) is 26.4 Å². The van der Waals surface area contributed by atoms with Crippen molar-refractivity contribution in [1.29, 1.82) is 0 Å². The number of amides is 3. The van der Waals surface area contributed by atoms with Crippen LogP contribution < -0.4 is 16.2 Å². The molecule has 3 aromatic rings. The highest BCUT2D eigenvalue weighted by atomic mass is 32.2. The number of nitrogens with one attached hydrogen (secondary N) is 4. The molecule has 1 atom stereocenters. The summed E-state index contributed by atoms with van der Waals surface area (Å²) in [7, 11) is -3.55. The zero-order valence-electron chi connectivity index (χ0n) is 19.2. The maximum Gasteiger partial charge on any atom is 0.333 e. The Hall–Kier alpha value is -3.70. The van der Waals surface area contributed by atoms with E-state index in [1.807, 2.05) is 30.3 Å². The average Bonchev–Trinajstić information content (AvgIpc) is 3.34. The molecule has 180 valence electrons. The SMILES string of the molecule is CCN(CC)S(=O)(=O)c1ccc(C(C)NC(=O)NNC(=O)c2cc(-c3ccccc3)n[nH]2)cc1. The first-order chi connectivity index (χ1) is 16.3. The fraction of sp³-hybridized carbons (Fsp3) is 0.261. The lowest BCUT2D eigenvalue weighted by Crippen LogP contribution is -2.47. The van der Waals surface area contributed by atoms with Crippen molar-refractivity contribution in [2.45, 2.75) is 31.7 Å². The van der Waals surface area contributed by atoms with Gasteiger partial charge in [-0.25, -0.2) is 18.6 Å². The number of urea groups is 1. The molecule has 0 aliphatic heterocycles. The van der Waals surface area contributed by atoms with Crippen LogP contribution in [0.2, 0.25) is 0 Å². The van der Waals surface area contributed by atoms with E-state index in [0.717, 1.165) is 5.56 Å². The van der Waals surface area contributed by atoms with Crippen molar-refractivity contribution in [1.82, 2.24) is 30.7 Å². The fourth-order valence-electron chi connectivity index (χ4n) is 3.33.